The van der Waals surface area contributed by atoms with E-state index in [-0.39, 0.29) is 30.8 Å². The Morgan fingerprint density at radius 3 is 2.31 bits per heavy atom. The summed E-state index contributed by atoms with van der Waals surface area (Å²) >= 11 is 0. The van der Waals surface area contributed by atoms with Crippen molar-refractivity contribution in [2.75, 3.05) is 26.4 Å². The molecule has 0 saturated heterocycles. The highest BCUT2D eigenvalue weighted by molar-refractivity contribution is 7.47. The van der Waals surface area contributed by atoms with Crippen LogP contribution in [0.4, 0.5) is 4.79 Å². The first-order chi connectivity index (χ1) is 26.9. The Balaban J connectivity index is 1.13. The number of amides is 1. The number of hydrogen-bond acceptors (Lipinski definition) is 8. The second-order valence-corrected chi connectivity index (χ2v) is 23.0. The van der Waals surface area contributed by atoms with Crippen LogP contribution in [0.15, 0.2) is 11.6 Å². The van der Waals surface area contributed by atoms with Gasteiger partial charge in [-0.1, -0.05) is 72.5 Å². The predicted octanol–water partition coefficient (Wildman–Crippen LogP) is 11.6. The molecule has 0 aromatic heterocycles. The van der Waals surface area contributed by atoms with E-state index in [0.717, 1.165) is 67.6 Å². The molecule has 0 bridgehead atoms. The van der Waals surface area contributed by atoms with E-state index in [1.54, 1.807) is 19.4 Å². The maximum Gasteiger partial charge on any atom is 0.472 e. The monoisotopic (exact) mass is 840 g/mol. The molecule has 4 aliphatic carbocycles. The van der Waals surface area contributed by atoms with Crippen LogP contribution in [-0.2, 0) is 27.8 Å². The van der Waals surface area contributed by atoms with E-state index in [2.05, 4.69) is 46.0 Å². The van der Waals surface area contributed by atoms with Gasteiger partial charge in [-0.25, -0.2) is 9.36 Å². The zero-order valence-corrected chi connectivity index (χ0v) is 39.7. The molecule has 0 radical (unpaired) electrons. The van der Waals surface area contributed by atoms with Crippen LogP contribution in [0.3, 0.4) is 0 Å². The Morgan fingerprint density at radius 1 is 0.914 bits per heavy atom. The molecular weight excluding hydrogens is 753 g/mol. The van der Waals surface area contributed by atoms with E-state index in [4.69, 9.17) is 23.3 Å². The lowest BCUT2D eigenvalue weighted by atomic mass is 9.47. The van der Waals surface area contributed by atoms with Gasteiger partial charge in [0, 0.05) is 13.0 Å². The van der Waals surface area contributed by atoms with Gasteiger partial charge in [0.1, 0.15) is 12.2 Å². The largest absolute Gasteiger partial charge is 0.472 e. The van der Waals surface area contributed by atoms with E-state index in [0.29, 0.717) is 31.4 Å². The lowest BCUT2D eigenvalue weighted by Gasteiger charge is -2.58. The van der Waals surface area contributed by atoms with Crippen molar-refractivity contribution in [3.8, 4) is 0 Å². The Kier molecular flexibility index (Phi) is 17.5. The van der Waals surface area contributed by atoms with Crippen molar-refractivity contribution in [3.63, 3.8) is 0 Å². The average Bonchev–Trinajstić information content (AvgIpc) is 3.48. The number of rotatable bonds is 23. The fourth-order valence-corrected chi connectivity index (χ4v) is 12.5. The second-order valence-electron chi connectivity index (χ2n) is 21.6. The van der Waals surface area contributed by atoms with Crippen LogP contribution >= 0.6 is 7.82 Å². The maximum absolute atomic E-state index is 12.9. The fourth-order valence-electron chi connectivity index (χ4n) is 11.3. The number of phosphoric ester groups is 1. The van der Waals surface area contributed by atoms with Crippen LogP contribution in [0.1, 0.15) is 179 Å². The summed E-state index contributed by atoms with van der Waals surface area (Å²) in [6, 6.07) is 0. The van der Waals surface area contributed by atoms with Crippen molar-refractivity contribution in [2.45, 2.75) is 208 Å². The Bertz CT molecular complexity index is 1400. The third-order valence-corrected chi connectivity index (χ3v) is 16.5. The predicted molar refractivity (Wildman–Crippen MR) is 232 cm³/mol. The van der Waals surface area contributed by atoms with Crippen LogP contribution in [0.5, 0.6) is 0 Å². The first-order valence-electron chi connectivity index (χ1n) is 23.2. The number of carbonyl (C=O) groups excluding carboxylic acids is 1. The zero-order chi connectivity index (χ0) is 43.2. The molecular formula is C47H86NO9P. The van der Waals surface area contributed by atoms with Crippen LogP contribution in [-0.4, -0.2) is 71.5 Å². The minimum atomic E-state index is -4.30. The minimum Gasteiger partial charge on any atom is -0.446 e. The van der Waals surface area contributed by atoms with E-state index in [9.17, 15) is 19.4 Å². The molecule has 58 heavy (non-hydrogen) atoms. The molecule has 338 valence electrons. The molecule has 10 atom stereocenters. The lowest BCUT2D eigenvalue weighted by molar-refractivity contribution is -0.0983. The minimum absolute atomic E-state index is 0.0603. The standard InChI is InChI=1S/C47H86NO9P/c1-13-43(5,6)57-58(51,52)55-32-36(49)31-54-45(9,10)27-29-53-44(7,8)24-15-28-48-42(50)56-37-22-25-46(11)35(30-37)18-19-38-40-21-20-39(34(4)17-14-16-33(2)3)47(40,12)26-23-41(38)46/h18,33-34,36-41,49H,13-17,19-32H2,1-12H3,(H,48,50)(H,51,52). The molecule has 3 fully saturated rings. The number of carbonyl (C=O) groups is 1. The van der Waals surface area contributed by atoms with Crippen molar-refractivity contribution in [2.24, 2.45) is 46.3 Å². The van der Waals surface area contributed by atoms with Crippen LogP contribution in [0.2, 0.25) is 0 Å². The van der Waals surface area contributed by atoms with Gasteiger partial charge in [0.2, 0.25) is 0 Å². The number of aliphatic hydroxyl groups is 1. The number of ether oxygens (including phenoxy) is 3. The van der Waals surface area contributed by atoms with Crippen LogP contribution < -0.4 is 5.32 Å². The number of fused-ring (bicyclic) bond motifs is 5. The maximum atomic E-state index is 12.9. The van der Waals surface area contributed by atoms with Gasteiger partial charge in [-0.05, 0) is 159 Å². The van der Waals surface area contributed by atoms with Crippen molar-refractivity contribution in [1.29, 1.82) is 0 Å². The Labute approximate surface area is 353 Å². The third kappa shape index (κ3) is 13.8. The first kappa shape index (κ1) is 49.7. The molecule has 0 aliphatic heterocycles. The van der Waals surface area contributed by atoms with Crippen molar-refractivity contribution in [3.05, 3.63) is 11.6 Å². The van der Waals surface area contributed by atoms with Gasteiger partial charge >= 0.3 is 13.9 Å². The van der Waals surface area contributed by atoms with Gasteiger partial charge in [-0.15, -0.1) is 0 Å². The summed E-state index contributed by atoms with van der Waals surface area (Å²) in [6.07, 6.45) is 17.6. The summed E-state index contributed by atoms with van der Waals surface area (Å²) < 4.78 is 40.5. The van der Waals surface area contributed by atoms with Crippen molar-refractivity contribution < 1.29 is 42.6 Å². The smallest absolute Gasteiger partial charge is 0.446 e. The molecule has 0 aromatic carbocycles. The normalized spacial score (nSPS) is 31.1. The lowest BCUT2D eigenvalue weighted by Crippen LogP contribution is -2.51. The summed E-state index contributed by atoms with van der Waals surface area (Å²) in [4.78, 5) is 22.9. The second kappa shape index (κ2) is 20.5. The third-order valence-electron chi connectivity index (χ3n) is 15.3. The van der Waals surface area contributed by atoms with Gasteiger partial charge in [-0.2, -0.15) is 0 Å². The highest BCUT2D eigenvalue weighted by Gasteiger charge is 2.59. The summed E-state index contributed by atoms with van der Waals surface area (Å²) in [5.74, 6) is 4.92. The molecule has 4 aliphatic rings. The molecule has 0 aromatic rings. The van der Waals surface area contributed by atoms with Gasteiger partial charge in [-0.3, -0.25) is 9.05 Å². The number of alkyl carbamates (subject to hydrolysis) is 1. The number of allylic oxidation sites excluding steroid dienone is 1. The molecule has 10 unspecified atom stereocenters. The number of nitrogens with one attached hydrogen (secondary N) is 1. The van der Waals surface area contributed by atoms with Crippen molar-refractivity contribution >= 4 is 13.9 Å². The van der Waals surface area contributed by atoms with Gasteiger partial charge in [0.05, 0.1) is 36.6 Å². The molecule has 0 spiro atoms. The molecule has 4 rings (SSSR count). The quantitative estimate of drug-likeness (QED) is 0.0522. The summed E-state index contributed by atoms with van der Waals surface area (Å²) in [5, 5.41) is 13.3. The Morgan fingerprint density at radius 2 is 1.62 bits per heavy atom. The fraction of sp³-hybridized carbons (Fsp3) is 0.936. The average molecular weight is 840 g/mol. The van der Waals surface area contributed by atoms with Gasteiger partial charge < -0.3 is 29.5 Å². The van der Waals surface area contributed by atoms with E-state index < -0.39 is 30.7 Å². The van der Waals surface area contributed by atoms with E-state index in [1.807, 2.05) is 34.6 Å². The molecule has 3 N–H and O–H groups in total. The number of aliphatic hydroxyl groups excluding tert-OH is 1. The highest BCUT2D eigenvalue weighted by atomic mass is 31.2. The van der Waals surface area contributed by atoms with Gasteiger partial charge in [0.25, 0.3) is 0 Å². The summed E-state index contributed by atoms with van der Waals surface area (Å²) in [5.41, 5.74) is 0.467. The first-order valence-corrected chi connectivity index (χ1v) is 24.7. The Hall–Kier alpha value is -1.00. The number of hydrogen-bond donors (Lipinski definition) is 3. The molecule has 3 saturated carbocycles. The highest BCUT2D eigenvalue weighted by Crippen LogP contribution is 2.67. The van der Waals surface area contributed by atoms with Gasteiger partial charge in [0.15, 0.2) is 0 Å². The molecule has 1 amide bonds. The topological polar surface area (TPSA) is 133 Å². The summed E-state index contributed by atoms with van der Waals surface area (Å²) in [6.45, 7) is 26.2. The molecule has 0 heterocycles. The van der Waals surface area contributed by atoms with Crippen LogP contribution in [0.25, 0.3) is 0 Å². The molecule has 10 nitrogen and oxygen atoms in total. The zero-order valence-electron chi connectivity index (χ0n) is 38.8. The SMILES string of the molecule is CCC(C)(C)OP(=O)(O)OCC(O)COC(C)(C)CCOC(C)(C)CCCNC(=O)OC1CCC2(C)C(=CCC3C2CCC2(C)C(C(C)CCCC(C)C)CCC32)C1. The summed E-state index contributed by atoms with van der Waals surface area (Å²) in [7, 11) is -4.30. The van der Waals surface area contributed by atoms with E-state index in [1.165, 1.54) is 51.4 Å². The van der Waals surface area contributed by atoms with Crippen molar-refractivity contribution in [1.82, 2.24) is 5.32 Å². The number of phosphoric acid groups is 1. The van der Waals surface area contributed by atoms with Crippen LogP contribution in [0, 0.1) is 46.3 Å². The molecule has 11 heteroatoms. The van der Waals surface area contributed by atoms with E-state index >= 15 is 0 Å².